The third kappa shape index (κ3) is 4.59. The van der Waals surface area contributed by atoms with E-state index in [1.165, 1.54) is 0 Å². The summed E-state index contributed by atoms with van der Waals surface area (Å²) in [6, 6.07) is 0.934. The Labute approximate surface area is 166 Å². The van der Waals surface area contributed by atoms with Gasteiger partial charge in [-0.15, -0.1) is 11.6 Å². The van der Waals surface area contributed by atoms with E-state index in [0.29, 0.717) is 25.3 Å². The molecule has 5 atom stereocenters. The fourth-order valence-electron chi connectivity index (χ4n) is 4.18. The lowest BCUT2D eigenvalue weighted by Gasteiger charge is -2.39. The number of hydrazine groups is 1. The fraction of sp³-hybridized carbons (Fsp3) is 0.882. The lowest BCUT2D eigenvalue weighted by Crippen LogP contribution is -2.60. The molecule has 0 aromatic heterocycles. The summed E-state index contributed by atoms with van der Waals surface area (Å²) in [5, 5.41) is 9.38. The van der Waals surface area contributed by atoms with Gasteiger partial charge in [0.25, 0.3) is 0 Å². The van der Waals surface area contributed by atoms with Crippen molar-refractivity contribution < 1.29 is 4.79 Å². The van der Waals surface area contributed by atoms with Crippen LogP contribution in [0.2, 0.25) is 0 Å². The Hall–Kier alpha value is -0.670. The van der Waals surface area contributed by atoms with Gasteiger partial charge in [0.2, 0.25) is 5.91 Å². The molecule has 2 heterocycles. The Kier molecular flexibility index (Phi) is 6.61. The van der Waals surface area contributed by atoms with Gasteiger partial charge in [0, 0.05) is 18.1 Å². The normalized spacial score (nSPS) is 35.0. The van der Waals surface area contributed by atoms with E-state index in [0.717, 1.165) is 37.2 Å². The number of fused-ring (bicyclic) bond motifs is 1. The molecule has 148 valence electrons. The summed E-state index contributed by atoms with van der Waals surface area (Å²) in [6.45, 7) is 5.26. The quantitative estimate of drug-likeness (QED) is 0.468. The van der Waals surface area contributed by atoms with Crippen LogP contribution in [-0.4, -0.2) is 75.9 Å². The molecule has 7 nitrogen and oxygen atoms in total. The molecule has 1 aliphatic carbocycles. The maximum Gasteiger partial charge on any atom is 0.234 e. The standard InChI is InChI=1S/C17H31ClN6OS/c1-11-8-12(2)24-16(19-11)21-23(17(24)26)10-22(3)9-15(25)20-14-7-5-4-6-13(14)18/h11-14,16,19,21H,4-10H2,1-3H3,(H,20,25). The lowest BCUT2D eigenvalue weighted by molar-refractivity contribution is -0.123. The van der Waals surface area contributed by atoms with Crippen LogP contribution in [0, 0.1) is 0 Å². The maximum absolute atomic E-state index is 12.4. The number of hydrogen-bond acceptors (Lipinski definition) is 5. The van der Waals surface area contributed by atoms with Crippen molar-refractivity contribution in [2.75, 3.05) is 20.3 Å². The summed E-state index contributed by atoms with van der Waals surface area (Å²) in [7, 11) is 1.93. The van der Waals surface area contributed by atoms with Crippen LogP contribution >= 0.6 is 23.8 Å². The molecule has 9 heteroatoms. The number of likely N-dealkylation sites (N-methyl/N-ethyl adjacent to an activating group) is 1. The van der Waals surface area contributed by atoms with Crippen LogP contribution in [0.4, 0.5) is 0 Å². The molecule has 1 saturated carbocycles. The van der Waals surface area contributed by atoms with Gasteiger partial charge in [0.15, 0.2) is 11.4 Å². The molecule has 3 aliphatic rings. The molecule has 3 N–H and O–H groups in total. The Morgan fingerprint density at radius 1 is 1.38 bits per heavy atom. The highest BCUT2D eigenvalue weighted by molar-refractivity contribution is 7.80. The molecular formula is C17H31ClN6OS. The number of rotatable bonds is 5. The number of nitrogens with zero attached hydrogens (tertiary/aromatic N) is 3. The number of halogens is 1. The van der Waals surface area contributed by atoms with Gasteiger partial charge in [0.1, 0.15) is 0 Å². The third-order valence-electron chi connectivity index (χ3n) is 5.44. The second-order valence-electron chi connectivity index (χ2n) is 7.93. The van der Waals surface area contributed by atoms with E-state index in [9.17, 15) is 4.79 Å². The Bertz CT molecular complexity index is 537. The zero-order chi connectivity index (χ0) is 18.8. The first-order valence-corrected chi connectivity index (χ1v) is 10.4. The van der Waals surface area contributed by atoms with E-state index in [-0.39, 0.29) is 23.6 Å². The van der Waals surface area contributed by atoms with Gasteiger partial charge in [-0.05, 0) is 52.4 Å². The molecule has 0 aromatic rings. The van der Waals surface area contributed by atoms with E-state index in [1.54, 1.807) is 0 Å². The Morgan fingerprint density at radius 3 is 2.85 bits per heavy atom. The van der Waals surface area contributed by atoms with Crippen molar-refractivity contribution in [2.45, 2.75) is 75.7 Å². The largest absolute Gasteiger partial charge is 0.351 e. The van der Waals surface area contributed by atoms with Crippen molar-refractivity contribution in [2.24, 2.45) is 0 Å². The van der Waals surface area contributed by atoms with Crippen LogP contribution < -0.4 is 16.1 Å². The van der Waals surface area contributed by atoms with Gasteiger partial charge in [-0.1, -0.05) is 12.8 Å². The monoisotopic (exact) mass is 402 g/mol. The van der Waals surface area contributed by atoms with Gasteiger partial charge in [0.05, 0.1) is 18.6 Å². The highest BCUT2D eigenvalue weighted by Crippen LogP contribution is 2.23. The van der Waals surface area contributed by atoms with Crippen molar-refractivity contribution in [3.63, 3.8) is 0 Å². The molecule has 3 rings (SSSR count). The van der Waals surface area contributed by atoms with Crippen molar-refractivity contribution in [3.8, 4) is 0 Å². The first-order chi connectivity index (χ1) is 12.3. The van der Waals surface area contributed by atoms with Crippen LogP contribution in [0.3, 0.4) is 0 Å². The minimum absolute atomic E-state index is 0.0213. The first-order valence-electron chi connectivity index (χ1n) is 9.59. The number of carbonyl (C=O) groups is 1. The lowest BCUT2D eigenvalue weighted by atomic mass is 9.95. The fourth-order valence-corrected chi connectivity index (χ4v) is 4.92. The third-order valence-corrected chi connectivity index (χ3v) is 6.40. The van der Waals surface area contributed by atoms with E-state index in [2.05, 4.69) is 34.8 Å². The molecule has 3 fully saturated rings. The number of nitrogens with one attached hydrogen (secondary N) is 3. The molecule has 26 heavy (non-hydrogen) atoms. The Morgan fingerprint density at radius 2 is 2.12 bits per heavy atom. The average molecular weight is 403 g/mol. The summed E-state index contributed by atoms with van der Waals surface area (Å²) in [6.07, 6.45) is 5.33. The van der Waals surface area contributed by atoms with Crippen LogP contribution in [0.5, 0.6) is 0 Å². The molecule has 0 spiro atoms. The number of alkyl halides is 1. The number of thiocarbonyl (C=S) groups is 1. The van der Waals surface area contributed by atoms with E-state index >= 15 is 0 Å². The number of amides is 1. The topological polar surface area (TPSA) is 62.9 Å². The van der Waals surface area contributed by atoms with Crippen molar-refractivity contribution in [1.29, 1.82) is 0 Å². The minimum Gasteiger partial charge on any atom is -0.351 e. The zero-order valence-electron chi connectivity index (χ0n) is 15.9. The zero-order valence-corrected chi connectivity index (χ0v) is 17.4. The highest BCUT2D eigenvalue weighted by Gasteiger charge is 2.41. The summed E-state index contributed by atoms with van der Waals surface area (Å²) in [4.78, 5) is 16.5. The van der Waals surface area contributed by atoms with Crippen LogP contribution in [0.25, 0.3) is 0 Å². The summed E-state index contributed by atoms with van der Waals surface area (Å²) in [5.74, 6) is 0.0213. The van der Waals surface area contributed by atoms with Gasteiger partial charge < -0.3 is 10.2 Å². The average Bonchev–Trinajstić information content (AvgIpc) is 2.85. The van der Waals surface area contributed by atoms with Crippen molar-refractivity contribution in [1.82, 2.24) is 30.9 Å². The number of hydrogen-bond donors (Lipinski definition) is 3. The minimum atomic E-state index is 0.0213. The van der Waals surface area contributed by atoms with Crippen LogP contribution in [0.15, 0.2) is 0 Å². The molecule has 0 bridgehead atoms. The summed E-state index contributed by atoms with van der Waals surface area (Å²) in [5.41, 5.74) is 3.41. The second-order valence-corrected chi connectivity index (χ2v) is 8.86. The molecule has 2 aliphatic heterocycles. The van der Waals surface area contributed by atoms with Crippen LogP contribution in [0.1, 0.15) is 46.0 Å². The first kappa shape index (κ1) is 20.1. The van der Waals surface area contributed by atoms with Gasteiger partial charge in [-0.3, -0.25) is 20.0 Å². The molecule has 1 amide bonds. The van der Waals surface area contributed by atoms with E-state index in [1.807, 2.05) is 17.0 Å². The molecule has 2 saturated heterocycles. The van der Waals surface area contributed by atoms with E-state index < -0.39 is 0 Å². The van der Waals surface area contributed by atoms with Crippen molar-refractivity contribution in [3.05, 3.63) is 0 Å². The summed E-state index contributed by atoms with van der Waals surface area (Å²) < 4.78 is 0. The van der Waals surface area contributed by atoms with Gasteiger partial charge in [-0.25, -0.2) is 0 Å². The molecule has 0 aromatic carbocycles. The van der Waals surface area contributed by atoms with E-state index in [4.69, 9.17) is 23.8 Å². The van der Waals surface area contributed by atoms with Crippen molar-refractivity contribution >= 4 is 34.8 Å². The number of carbonyl (C=O) groups excluding carboxylic acids is 1. The smallest absolute Gasteiger partial charge is 0.234 e. The highest BCUT2D eigenvalue weighted by atomic mass is 35.5. The predicted octanol–water partition coefficient (Wildman–Crippen LogP) is 1.00. The maximum atomic E-state index is 12.4. The molecular weight excluding hydrogens is 372 g/mol. The summed E-state index contributed by atoms with van der Waals surface area (Å²) >= 11 is 12.0. The second kappa shape index (κ2) is 8.56. The van der Waals surface area contributed by atoms with Gasteiger partial charge in [-0.2, -0.15) is 5.43 Å². The predicted molar refractivity (Wildman–Crippen MR) is 107 cm³/mol. The molecule has 0 radical (unpaired) electrons. The van der Waals surface area contributed by atoms with Crippen LogP contribution in [-0.2, 0) is 4.79 Å². The molecule has 5 unspecified atom stereocenters. The SMILES string of the molecule is CC1CC(C)N2C(=S)N(CN(C)CC(=O)NC3CCCCC3Cl)NC2N1. The van der Waals surface area contributed by atoms with Gasteiger partial charge >= 0.3 is 0 Å². The Balaban J connectivity index is 1.48.